The van der Waals surface area contributed by atoms with Crippen LogP contribution in [-0.4, -0.2) is 66.3 Å². The van der Waals surface area contributed by atoms with Gasteiger partial charge in [-0.2, -0.15) is 4.91 Å². The first-order valence-electron chi connectivity index (χ1n) is 11.7. The second-order valence-corrected chi connectivity index (χ2v) is 10.2. The van der Waals surface area contributed by atoms with Crippen molar-refractivity contribution in [3.8, 4) is 0 Å². The zero-order valence-electron chi connectivity index (χ0n) is 20.4. The second-order valence-electron chi connectivity index (χ2n) is 8.50. The van der Waals surface area contributed by atoms with Crippen LogP contribution >= 0.6 is 0 Å². The van der Waals surface area contributed by atoms with E-state index in [1.165, 1.54) is 0 Å². The Balaban J connectivity index is 1.92. The van der Waals surface area contributed by atoms with Gasteiger partial charge in [-0.05, 0) is 69.6 Å². The summed E-state index contributed by atoms with van der Waals surface area (Å²) in [6, 6.07) is 11.0. The summed E-state index contributed by atoms with van der Waals surface area (Å²) in [4.78, 5) is 5.19. The summed E-state index contributed by atoms with van der Waals surface area (Å²) in [5, 5.41) is 10.4. The van der Waals surface area contributed by atoms with Crippen molar-refractivity contribution in [3.63, 3.8) is 0 Å². The molecule has 1 unspecified atom stereocenters. The summed E-state index contributed by atoms with van der Waals surface area (Å²) in [7, 11) is 0.212. The molecule has 0 aliphatic rings. The summed E-state index contributed by atoms with van der Waals surface area (Å²) in [5.74, 6) is 0. The standard InChI is InChI=1S/C23H38N8O2S/c1-19(31(29-28-25)18-8-16-26-15-7-14-24)9-6-17-27-34(32,33)23-13-5-10-20-21(23)11-4-12-22(20)30(2)3/h4-5,10-13,19,26-27H,6-9,14-18,24H2,1-3H3. The molecule has 34 heavy (non-hydrogen) atoms. The number of nitrogens with two attached hydrogens (primary N) is 1. The first-order chi connectivity index (χ1) is 16.3. The fourth-order valence-electron chi connectivity index (χ4n) is 3.84. The van der Waals surface area contributed by atoms with Gasteiger partial charge < -0.3 is 16.0 Å². The normalized spacial score (nSPS) is 12.4. The zero-order valence-corrected chi connectivity index (χ0v) is 21.3. The van der Waals surface area contributed by atoms with Crippen LogP contribution in [0.25, 0.3) is 21.2 Å². The van der Waals surface area contributed by atoms with E-state index in [0.717, 1.165) is 37.0 Å². The lowest BCUT2D eigenvalue weighted by Gasteiger charge is -2.21. The number of nitrogens with zero attached hydrogens (tertiary/aromatic N) is 5. The maximum Gasteiger partial charge on any atom is 0.241 e. The molecule has 10 nitrogen and oxygen atoms in total. The van der Waals surface area contributed by atoms with Gasteiger partial charge in [0, 0.05) is 37.1 Å². The molecule has 0 spiro atoms. The molecule has 0 radical (unpaired) electrons. The van der Waals surface area contributed by atoms with E-state index in [1.54, 1.807) is 17.1 Å². The molecule has 0 aromatic heterocycles. The largest absolute Gasteiger partial charge is 0.377 e. The van der Waals surface area contributed by atoms with Crippen LogP contribution in [0, 0.1) is 0 Å². The zero-order chi connectivity index (χ0) is 25.0. The third-order valence-corrected chi connectivity index (χ3v) is 7.20. The van der Waals surface area contributed by atoms with Crippen molar-refractivity contribution in [1.29, 1.82) is 0 Å². The number of sulfonamides is 1. The van der Waals surface area contributed by atoms with Gasteiger partial charge in [-0.3, -0.25) is 0 Å². The molecule has 0 saturated heterocycles. The minimum absolute atomic E-state index is 0.00431. The highest BCUT2D eigenvalue weighted by Gasteiger charge is 2.19. The molecule has 188 valence electrons. The third-order valence-electron chi connectivity index (χ3n) is 5.68. The van der Waals surface area contributed by atoms with Crippen LogP contribution in [0.2, 0.25) is 0 Å². The Labute approximate surface area is 203 Å². The van der Waals surface area contributed by atoms with Crippen LogP contribution in [0.1, 0.15) is 32.6 Å². The molecule has 2 aromatic rings. The van der Waals surface area contributed by atoms with Crippen molar-refractivity contribution in [3.05, 3.63) is 46.8 Å². The van der Waals surface area contributed by atoms with Crippen molar-refractivity contribution < 1.29 is 8.42 Å². The van der Waals surface area contributed by atoms with E-state index in [2.05, 4.69) is 20.2 Å². The van der Waals surface area contributed by atoms with E-state index >= 15 is 0 Å². The van der Waals surface area contributed by atoms with Gasteiger partial charge in [-0.1, -0.05) is 24.3 Å². The highest BCUT2D eigenvalue weighted by atomic mass is 32.2. The molecule has 2 aromatic carbocycles. The van der Waals surface area contributed by atoms with Gasteiger partial charge in [-0.25, -0.2) is 18.1 Å². The minimum Gasteiger partial charge on any atom is -0.377 e. The van der Waals surface area contributed by atoms with Crippen molar-refractivity contribution in [2.75, 3.05) is 51.7 Å². The predicted octanol–water partition coefficient (Wildman–Crippen LogP) is 3.21. The number of rotatable bonds is 16. The van der Waals surface area contributed by atoms with E-state index in [9.17, 15) is 8.42 Å². The first-order valence-corrected chi connectivity index (χ1v) is 13.2. The quantitative estimate of drug-likeness (QED) is 0.109. The van der Waals surface area contributed by atoms with Gasteiger partial charge >= 0.3 is 0 Å². The predicted molar refractivity (Wildman–Crippen MR) is 139 cm³/mol. The number of azide groups is 1. The molecular weight excluding hydrogens is 452 g/mol. The highest BCUT2D eigenvalue weighted by molar-refractivity contribution is 7.89. The summed E-state index contributed by atoms with van der Waals surface area (Å²) in [6.07, 6.45) is 3.10. The number of hydrogen-bond acceptors (Lipinski definition) is 6. The number of fused-ring (bicyclic) bond motifs is 1. The fraction of sp³-hybridized carbons (Fsp3) is 0.565. The third kappa shape index (κ3) is 8.03. The van der Waals surface area contributed by atoms with E-state index in [-0.39, 0.29) is 10.9 Å². The monoisotopic (exact) mass is 490 g/mol. The van der Waals surface area contributed by atoms with Crippen LogP contribution in [0.15, 0.2) is 46.5 Å². The number of hydrogen-bond donors (Lipinski definition) is 3. The number of anilines is 1. The Morgan fingerprint density at radius 3 is 2.47 bits per heavy atom. The summed E-state index contributed by atoms with van der Waals surface area (Å²) < 4.78 is 28.8. The Morgan fingerprint density at radius 2 is 1.76 bits per heavy atom. The molecular formula is C23H38N8O2S. The lowest BCUT2D eigenvalue weighted by molar-refractivity contribution is 0.199. The summed E-state index contributed by atoms with van der Waals surface area (Å²) in [5.41, 5.74) is 15.3. The van der Waals surface area contributed by atoms with Crippen LogP contribution in [0.3, 0.4) is 0 Å². The van der Waals surface area contributed by atoms with Crippen molar-refractivity contribution >= 4 is 26.5 Å². The van der Waals surface area contributed by atoms with Gasteiger partial charge in [0.2, 0.25) is 10.0 Å². The Kier molecular flexibility index (Phi) is 11.4. The molecule has 0 heterocycles. The lowest BCUT2D eigenvalue weighted by Crippen LogP contribution is -2.32. The molecule has 1 atom stereocenters. The van der Waals surface area contributed by atoms with Crippen LogP contribution in [-0.2, 0) is 10.0 Å². The highest BCUT2D eigenvalue weighted by Crippen LogP contribution is 2.30. The molecule has 0 aliphatic carbocycles. The van der Waals surface area contributed by atoms with Gasteiger partial charge in [0.15, 0.2) is 0 Å². The molecule has 11 heteroatoms. The Morgan fingerprint density at radius 1 is 1.06 bits per heavy atom. The van der Waals surface area contributed by atoms with E-state index in [0.29, 0.717) is 37.9 Å². The molecule has 2 rings (SSSR count). The SMILES string of the molecule is CC(CCCNS(=O)(=O)c1cccc2c(N(C)C)cccc12)N(CCCNCCCN)N=[N+]=[N-]. The Bertz CT molecular complexity index is 1050. The Hall–Kier alpha value is -2.56. The molecule has 0 aliphatic heterocycles. The second kappa shape index (κ2) is 14.0. The fourth-order valence-corrected chi connectivity index (χ4v) is 5.14. The van der Waals surface area contributed by atoms with Gasteiger partial charge in [0.1, 0.15) is 0 Å². The smallest absolute Gasteiger partial charge is 0.241 e. The maximum absolute atomic E-state index is 13.0. The average Bonchev–Trinajstić information content (AvgIpc) is 2.82. The first kappa shape index (κ1) is 27.7. The van der Waals surface area contributed by atoms with Crippen LogP contribution in [0.5, 0.6) is 0 Å². The molecule has 0 saturated carbocycles. The van der Waals surface area contributed by atoms with E-state index < -0.39 is 10.0 Å². The van der Waals surface area contributed by atoms with Crippen molar-refractivity contribution in [2.45, 2.75) is 43.5 Å². The lowest BCUT2D eigenvalue weighted by atomic mass is 10.1. The van der Waals surface area contributed by atoms with Crippen LogP contribution < -0.4 is 20.7 Å². The number of nitrogens with one attached hydrogen (secondary N) is 2. The average molecular weight is 491 g/mol. The molecule has 0 amide bonds. The van der Waals surface area contributed by atoms with Crippen molar-refractivity contribution in [2.24, 2.45) is 11.0 Å². The number of benzene rings is 2. The van der Waals surface area contributed by atoms with Gasteiger partial charge in [0.05, 0.1) is 17.5 Å². The summed E-state index contributed by atoms with van der Waals surface area (Å²) in [6.45, 7) is 5.29. The topological polar surface area (TPSA) is 139 Å². The summed E-state index contributed by atoms with van der Waals surface area (Å²) >= 11 is 0. The maximum atomic E-state index is 13.0. The molecule has 0 fully saturated rings. The van der Waals surface area contributed by atoms with E-state index in [1.807, 2.05) is 50.2 Å². The van der Waals surface area contributed by atoms with Gasteiger partial charge in [0.25, 0.3) is 0 Å². The molecule has 0 bridgehead atoms. The van der Waals surface area contributed by atoms with Crippen molar-refractivity contribution in [1.82, 2.24) is 15.0 Å². The van der Waals surface area contributed by atoms with Crippen LogP contribution in [0.4, 0.5) is 5.69 Å². The van der Waals surface area contributed by atoms with Gasteiger partial charge in [-0.15, -0.1) is 5.53 Å². The minimum atomic E-state index is -3.66. The molecule has 4 N–H and O–H groups in total. The van der Waals surface area contributed by atoms with E-state index in [4.69, 9.17) is 11.3 Å².